The lowest BCUT2D eigenvalue weighted by Crippen LogP contribution is -2.73. The molecule has 4 rings (SSSR count). The van der Waals surface area contributed by atoms with Crippen molar-refractivity contribution in [2.45, 2.75) is 12.5 Å². The van der Waals surface area contributed by atoms with Crippen molar-refractivity contribution in [1.29, 1.82) is 0 Å². The summed E-state index contributed by atoms with van der Waals surface area (Å²) in [7, 11) is 1.97. The Labute approximate surface area is 135 Å². The second-order valence-corrected chi connectivity index (χ2v) is 5.97. The van der Waals surface area contributed by atoms with Crippen LogP contribution in [0.1, 0.15) is 33.9 Å². The first-order valence-corrected chi connectivity index (χ1v) is 8.00. The summed E-state index contributed by atoms with van der Waals surface area (Å²) >= 11 is 0. The number of hydrogen-bond acceptors (Lipinski definition) is 3. The quantitative estimate of drug-likeness (QED) is 0.671. The first-order chi connectivity index (χ1) is 11.3. The molecule has 0 aliphatic carbocycles. The average molecular weight is 306 g/mol. The summed E-state index contributed by atoms with van der Waals surface area (Å²) in [6, 6.07) is 16.3. The fraction of sp³-hybridized carbons (Fsp3) is 0.211. The normalized spacial score (nSPS) is 18.2. The Balaban J connectivity index is 1.67. The molecule has 0 fully saturated rings. The minimum Gasteiger partial charge on any atom is -0.372 e. The molecule has 1 atom stereocenters. The van der Waals surface area contributed by atoms with Crippen LogP contribution in [0.5, 0.6) is 0 Å². The van der Waals surface area contributed by atoms with Gasteiger partial charge in [0.15, 0.2) is 5.78 Å². The number of para-hydroxylation sites is 1. The van der Waals surface area contributed by atoms with Crippen molar-refractivity contribution < 1.29 is 10.1 Å². The van der Waals surface area contributed by atoms with E-state index in [9.17, 15) is 4.79 Å². The smallest absolute Gasteiger partial charge is 0.171 e. The van der Waals surface area contributed by atoms with Crippen LogP contribution in [-0.4, -0.2) is 24.4 Å². The summed E-state index contributed by atoms with van der Waals surface area (Å²) < 4.78 is 0. The van der Waals surface area contributed by atoms with Gasteiger partial charge in [0, 0.05) is 18.2 Å². The number of quaternary nitrogens is 1. The number of nitrogens with zero attached hydrogens (tertiary/aromatic N) is 1. The predicted octanol–water partition coefficient (Wildman–Crippen LogP) is 2.00. The zero-order chi connectivity index (χ0) is 15.8. The molecule has 23 heavy (non-hydrogen) atoms. The SMILES string of the molecule is C[NH2+]c1ccccc1C(=O)CC1c2ccccc2C2=CNCN21. The number of fused-ring (bicyclic) bond motifs is 3. The van der Waals surface area contributed by atoms with E-state index < -0.39 is 0 Å². The third-order valence-electron chi connectivity index (χ3n) is 4.73. The van der Waals surface area contributed by atoms with Crippen LogP contribution in [0.2, 0.25) is 0 Å². The van der Waals surface area contributed by atoms with Crippen LogP contribution in [0.3, 0.4) is 0 Å². The molecule has 0 spiro atoms. The molecule has 4 nitrogen and oxygen atoms in total. The fourth-order valence-corrected chi connectivity index (χ4v) is 3.62. The summed E-state index contributed by atoms with van der Waals surface area (Å²) in [5.74, 6) is 0.201. The third kappa shape index (κ3) is 2.23. The molecule has 2 heterocycles. The largest absolute Gasteiger partial charge is 0.372 e. The summed E-state index contributed by atoms with van der Waals surface area (Å²) in [6.45, 7) is 0.767. The highest BCUT2D eigenvalue weighted by atomic mass is 16.1. The first kappa shape index (κ1) is 14.0. The van der Waals surface area contributed by atoms with Crippen LogP contribution < -0.4 is 10.6 Å². The number of ketones is 1. The van der Waals surface area contributed by atoms with Gasteiger partial charge in [0.05, 0.1) is 31.0 Å². The highest BCUT2D eigenvalue weighted by Gasteiger charge is 2.37. The van der Waals surface area contributed by atoms with E-state index in [-0.39, 0.29) is 11.8 Å². The minimum absolute atomic E-state index is 0.116. The monoisotopic (exact) mass is 306 g/mol. The summed E-state index contributed by atoms with van der Waals surface area (Å²) in [5, 5.41) is 5.28. The number of nitrogens with one attached hydrogen (secondary N) is 1. The van der Waals surface area contributed by atoms with Crippen molar-refractivity contribution in [3.05, 3.63) is 71.4 Å². The Morgan fingerprint density at radius 1 is 1.22 bits per heavy atom. The standard InChI is InChI=1S/C19H19N3O/c1-20-16-9-5-4-8-15(16)19(23)10-17-13-6-2-3-7-14(13)18-11-21-12-22(17)18/h2-9,11,17,20-21H,10,12H2,1H3/p+1. The lowest BCUT2D eigenvalue weighted by Gasteiger charge is -2.23. The van der Waals surface area contributed by atoms with Gasteiger partial charge in [-0.1, -0.05) is 36.4 Å². The molecule has 0 saturated carbocycles. The van der Waals surface area contributed by atoms with Gasteiger partial charge in [0.2, 0.25) is 0 Å². The van der Waals surface area contributed by atoms with Crippen molar-refractivity contribution in [3.63, 3.8) is 0 Å². The zero-order valence-electron chi connectivity index (χ0n) is 13.1. The lowest BCUT2D eigenvalue weighted by atomic mass is 9.96. The molecule has 2 aromatic carbocycles. The Bertz CT molecular complexity index is 797. The van der Waals surface area contributed by atoms with E-state index in [1.807, 2.05) is 36.6 Å². The second-order valence-electron chi connectivity index (χ2n) is 5.97. The summed E-state index contributed by atoms with van der Waals surface area (Å²) in [6.07, 6.45) is 2.55. The van der Waals surface area contributed by atoms with Gasteiger partial charge < -0.3 is 15.5 Å². The van der Waals surface area contributed by atoms with Crippen LogP contribution in [0, 0.1) is 0 Å². The predicted molar refractivity (Wildman–Crippen MR) is 89.9 cm³/mol. The molecule has 0 saturated heterocycles. The van der Waals surface area contributed by atoms with Crippen molar-refractivity contribution >= 4 is 17.2 Å². The molecule has 2 aliphatic rings. The molecule has 116 valence electrons. The maximum Gasteiger partial charge on any atom is 0.171 e. The number of hydrogen-bond donors (Lipinski definition) is 2. The maximum atomic E-state index is 12.9. The van der Waals surface area contributed by atoms with Gasteiger partial charge in [-0.15, -0.1) is 0 Å². The van der Waals surface area contributed by atoms with E-state index in [4.69, 9.17) is 0 Å². The van der Waals surface area contributed by atoms with E-state index in [0.717, 1.165) is 17.9 Å². The lowest BCUT2D eigenvalue weighted by molar-refractivity contribution is -0.539. The van der Waals surface area contributed by atoms with Crippen molar-refractivity contribution in [2.24, 2.45) is 0 Å². The molecule has 3 N–H and O–H groups in total. The highest BCUT2D eigenvalue weighted by molar-refractivity contribution is 6.00. The molecular formula is C19H20N3O+. The van der Waals surface area contributed by atoms with Gasteiger partial charge in [0.1, 0.15) is 5.69 Å². The number of benzene rings is 2. The van der Waals surface area contributed by atoms with Gasteiger partial charge in [-0.2, -0.15) is 0 Å². The number of Topliss-reactive ketones (excluding diaryl/α,β-unsaturated/α-hetero) is 1. The molecule has 1 unspecified atom stereocenters. The van der Waals surface area contributed by atoms with E-state index in [1.54, 1.807) is 0 Å². The Hall–Kier alpha value is -2.59. The van der Waals surface area contributed by atoms with Gasteiger partial charge >= 0.3 is 0 Å². The molecule has 4 heteroatoms. The summed E-state index contributed by atoms with van der Waals surface area (Å²) in [5.41, 5.74) is 5.53. The number of carbonyl (C=O) groups excluding carboxylic acids is 1. The Morgan fingerprint density at radius 2 is 2.00 bits per heavy atom. The van der Waals surface area contributed by atoms with Crippen LogP contribution in [0.25, 0.3) is 5.70 Å². The van der Waals surface area contributed by atoms with Crippen LogP contribution in [0.4, 0.5) is 5.69 Å². The Morgan fingerprint density at radius 3 is 2.87 bits per heavy atom. The summed E-state index contributed by atoms with van der Waals surface area (Å²) in [4.78, 5) is 15.2. The van der Waals surface area contributed by atoms with E-state index in [2.05, 4.69) is 40.7 Å². The van der Waals surface area contributed by atoms with Gasteiger partial charge in [-0.3, -0.25) is 4.79 Å². The molecule has 0 bridgehead atoms. The van der Waals surface area contributed by atoms with Gasteiger partial charge in [-0.25, -0.2) is 0 Å². The number of carbonyl (C=O) groups is 1. The molecule has 0 aromatic heterocycles. The zero-order valence-corrected chi connectivity index (χ0v) is 13.1. The number of rotatable bonds is 4. The minimum atomic E-state index is 0.116. The molecule has 0 radical (unpaired) electrons. The van der Waals surface area contributed by atoms with E-state index in [0.29, 0.717) is 6.42 Å². The first-order valence-electron chi connectivity index (χ1n) is 8.00. The van der Waals surface area contributed by atoms with Crippen LogP contribution in [-0.2, 0) is 0 Å². The fourth-order valence-electron chi connectivity index (χ4n) is 3.62. The third-order valence-corrected chi connectivity index (χ3v) is 4.73. The average Bonchev–Trinajstić information content (AvgIpc) is 3.18. The highest BCUT2D eigenvalue weighted by Crippen LogP contribution is 2.44. The number of nitrogens with two attached hydrogens (primary N) is 1. The molecular weight excluding hydrogens is 286 g/mol. The maximum absolute atomic E-state index is 12.9. The van der Waals surface area contributed by atoms with Crippen molar-refractivity contribution in [1.82, 2.24) is 10.2 Å². The molecule has 0 amide bonds. The van der Waals surface area contributed by atoms with Crippen LogP contribution in [0.15, 0.2) is 54.7 Å². The van der Waals surface area contributed by atoms with Gasteiger partial charge in [0.25, 0.3) is 0 Å². The van der Waals surface area contributed by atoms with Crippen molar-refractivity contribution in [2.75, 3.05) is 13.7 Å². The van der Waals surface area contributed by atoms with Gasteiger partial charge in [-0.05, 0) is 17.7 Å². The van der Waals surface area contributed by atoms with Crippen LogP contribution >= 0.6 is 0 Å². The molecule has 2 aromatic rings. The van der Waals surface area contributed by atoms with E-state index in [1.165, 1.54) is 16.8 Å². The second kappa shape index (κ2) is 5.56. The molecule has 2 aliphatic heterocycles. The van der Waals surface area contributed by atoms with E-state index >= 15 is 0 Å². The topological polar surface area (TPSA) is 49.0 Å². The Kier molecular flexibility index (Phi) is 3.39. The van der Waals surface area contributed by atoms with Crippen molar-refractivity contribution in [3.8, 4) is 0 Å².